The van der Waals surface area contributed by atoms with Crippen LogP contribution >= 0.6 is 11.8 Å². The first-order valence-electron chi connectivity index (χ1n) is 6.18. The Bertz CT molecular complexity index is 219. The summed E-state index contributed by atoms with van der Waals surface area (Å²) in [6.07, 6.45) is 3.59. The highest BCUT2D eigenvalue weighted by Gasteiger charge is 2.21. The van der Waals surface area contributed by atoms with Crippen molar-refractivity contribution in [2.45, 2.75) is 38.4 Å². The van der Waals surface area contributed by atoms with Gasteiger partial charge in [-0.05, 0) is 25.2 Å². The van der Waals surface area contributed by atoms with Crippen LogP contribution in [0.4, 0.5) is 0 Å². The topological polar surface area (TPSA) is 33.6 Å². The molecule has 0 saturated carbocycles. The number of nitrogens with one attached hydrogen (secondary N) is 1. The summed E-state index contributed by atoms with van der Waals surface area (Å²) in [7, 11) is 1.76. The van der Waals surface area contributed by atoms with Crippen molar-refractivity contribution in [3.63, 3.8) is 0 Å². The van der Waals surface area contributed by atoms with Crippen LogP contribution in [0.1, 0.15) is 33.1 Å². The summed E-state index contributed by atoms with van der Waals surface area (Å²) < 4.78 is 5.01. The van der Waals surface area contributed by atoms with Gasteiger partial charge in [-0.2, -0.15) is 0 Å². The van der Waals surface area contributed by atoms with Gasteiger partial charge in [-0.15, -0.1) is 0 Å². The van der Waals surface area contributed by atoms with Crippen LogP contribution < -0.4 is 5.32 Å². The monoisotopic (exact) mass is 244 g/mol. The fourth-order valence-electron chi connectivity index (χ4n) is 1.58. The molecule has 1 unspecified atom stereocenters. The molecule has 0 spiro atoms. The molecule has 1 rings (SSSR count). The summed E-state index contributed by atoms with van der Waals surface area (Å²) in [4.78, 5) is 4.52. The highest BCUT2D eigenvalue weighted by atomic mass is 32.2. The Kier molecular flexibility index (Phi) is 6.88. The average molecular weight is 244 g/mol. The van der Waals surface area contributed by atoms with Crippen molar-refractivity contribution in [1.82, 2.24) is 5.32 Å². The molecule has 16 heavy (non-hydrogen) atoms. The number of aliphatic imine (C=N–C) groups is 1. The maximum atomic E-state index is 5.01. The molecule has 0 fully saturated rings. The number of unbranched alkanes of at least 4 members (excludes halogenated alkanes) is 2. The lowest BCUT2D eigenvalue weighted by Crippen LogP contribution is -2.21. The first-order chi connectivity index (χ1) is 7.74. The zero-order chi connectivity index (χ0) is 11.8. The molecule has 0 aliphatic carbocycles. The molecule has 1 aliphatic heterocycles. The Morgan fingerprint density at radius 3 is 2.88 bits per heavy atom. The number of hydrogen-bond donors (Lipinski definition) is 1. The number of nitrogens with zero attached hydrogens (tertiary/aromatic N) is 1. The standard InChI is InChI=1S/C12H24N2OS/c1-10(2)11-9-14-12(16-11)13-7-5-4-6-8-15-3/h10-11H,4-9H2,1-3H3,(H,13,14). The van der Waals surface area contributed by atoms with Crippen molar-refractivity contribution in [2.75, 3.05) is 26.8 Å². The minimum atomic E-state index is 0.677. The van der Waals surface area contributed by atoms with Crippen molar-refractivity contribution in [3.8, 4) is 0 Å². The highest BCUT2D eigenvalue weighted by molar-refractivity contribution is 8.14. The normalized spacial score (nSPS) is 20.2. The lowest BCUT2D eigenvalue weighted by molar-refractivity contribution is 0.192. The molecule has 0 radical (unpaired) electrons. The van der Waals surface area contributed by atoms with Gasteiger partial charge in [0.05, 0.1) is 6.54 Å². The molecule has 1 atom stereocenters. The van der Waals surface area contributed by atoms with Gasteiger partial charge in [0.2, 0.25) is 0 Å². The molecule has 1 aliphatic rings. The van der Waals surface area contributed by atoms with Gasteiger partial charge in [0.15, 0.2) is 5.17 Å². The Morgan fingerprint density at radius 1 is 1.44 bits per heavy atom. The Balaban J connectivity index is 1.98. The summed E-state index contributed by atoms with van der Waals surface area (Å²) in [6.45, 7) is 7.43. The molecule has 0 aromatic heterocycles. The lowest BCUT2D eigenvalue weighted by Gasteiger charge is -2.12. The van der Waals surface area contributed by atoms with E-state index in [1.54, 1.807) is 7.11 Å². The largest absolute Gasteiger partial charge is 0.385 e. The van der Waals surface area contributed by atoms with E-state index < -0.39 is 0 Å². The molecule has 3 nitrogen and oxygen atoms in total. The summed E-state index contributed by atoms with van der Waals surface area (Å²) in [5.74, 6) is 0.717. The first-order valence-corrected chi connectivity index (χ1v) is 7.06. The number of amidine groups is 1. The van der Waals surface area contributed by atoms with Gasteiger partial charge in [0.1, 0.15) is 0 Å². The molecule has 0 amide bonds. The van der Waals surface area contributed by atoms with Gasteiger partial charge in [-0.1, -0.05) is 25.6 Å². The lowest BCUT2D eigenvalue weighted by atomic mass is 10.1. The average Bonchev–Trinajstić information content (AvgIpc) is 2.72. The predicted octanol–water partition coefficient (Wildman–Crippen LogP) is 2.52. The van der Waals surface area contributed by atoms with Crippen LogP contribution in [0.25, 0.3) is 0 Å². The van der Waals surface area contributed by atoms with E-state index in [9.17, 15) is 0 Å². The van der Waals surface area contributed by atoms with Gasteiger partial charge in [0.25, 0.3) is 0 Å². The third-order valence-electron chi connectivity index (χ3n) is 2.72. The van der Waals surface area contributed by atoms with Gasteiger partial charge in [-0.25, -0.2) is 0 Å². The van der Waals surface area contributed by atoms with Crippen molar-refractivity contribution in [3.05, 3.63) is 0 Å². The van der Waals surface area contributed by atoms with Crippen LogP contribution in [0.3, 0.4) is 0 Å². The van der Waals surface area contributed by atoms with Gasteiger partial charge in [-0.3, -0.25) is 4.99 Å². The van der Waals surface area contributed by atoms with E-state index in [1.165, 1.54) is 12.8 Å². The maximum absolute atomic E-state index is 5.01. The number of hydrogen-bond acceptors (Lipinski definition) is 4. The Hall–Kier alpha value is -0.220. The third-order valence-corrected chi connectivity index (χ3v) is 4.22. The minimum absolute atomic E-state index is 0.677. The molecular formula is C12H24N2OS. The summed E-state index contributed by atoms with van der Waals surface area (Å²) in [5.41, 5.74) is 0. The number of rotatable bonds is 7. The molecular weight excluding hydrogens is 220 g/mol. The predicted molar refractivity (Wildman–Crippen MR) is 72.2 cm³/mol. The second-order valence-electron chi connectivity index (χ2n) is 4.53. The van der Waals surface area contributed by atoms with Crippen LogP contribution in [0.5, 0.6) is 0 Å². The second kappa shape index (κ2) is 7.96. The van der Waals surface area contributed by atoms with E-state index in [2.05, 4.69) is 24.2 Å². The van der Waals surface area contributed by atoms with Crippen molar-refractivity contribution in [1.29, 1.82) is 0 Å². The number of ether oxygens (including phenoxy) is 1. The quantitative estimate of drug-likeness (QED) is 0.699. The van der Waals surface area contributed by atoms with Crippen LogP contribution in [0, 0.1) is 5.92 Å². The zero-order valence-corrected chi connectivity index (χ0v) is 11.5. The fourth-order valence-corrected chi connectivity index (χ4v) is 2.62. The summed E-state index contributed by atoms with van der Waals surface area (Å²) >= 11 is 1.90. The van der Waals surface area contributed by atoms with Crippen LogP contribution in [0.2, 0.25) is 0 Å². The molecule has 4 heteroatoms. The van der Waals surface area contributed by atoms with Crippen molar-refractivity contribution in [2.24, 2.45) is 10.9 Å². The van der Waals surface area contributed by atoms with Gasteiger partial charge >= 0.3 is 0 Å². The number of methoxy groups -OCH3 is 1. The molecule has 0 saturated heterocycles. The highest BCUT2D eigenvalue weighted by Crippen LogP contribution is 2.25. The fraction of sp³-hybridized carbons (Fsp3) is 0.917. The van der Waals surface area contributed by atoms with E-state index in [0.717, 1.165) is 37.2 Å². The first kappa shape index (κ1) is 13.8. The van der Waals surface area contributed by atoms with Gasteiger partial charge in [0, 0.05) is 25.5 Å². The Morgan fingerprint density at radius 2 is 2.25 bits per heavy atom. The summed E-state index contributed by atoms with van der Waals surface area (Å²) in [5, 5.41) is 5.24. The SMILES string of the molecule is COCCCCCNC1=NCC(C(C)C)S1. The minimum Gasteiger partial charge on any atom is -0.385 e. The van der Waals surface area contributed by atoms with E-state index in [-0.39, 0.29) is 0 Å². The van der Waals surface area contributed by atoms with Crippen LogP contribution in [0.15, 0.2) is 4.99 Å². The van der Waals surface area contributed by atoms with Crippen LogP contribution in [-0.4, -0.2) is 37.2 Å². The summed E-state index contributed by atoms with van der Waals surface area (Å²) in [6, 6.07) is 0. The smallest absolute Gasteiger partial charge is 0.156 e. The molecule has 0 aromatic carbocycles. The van der Waals surface area contributed by atoms with Crippen molar-refractivity contribution >= 4 is 16.9 Å². The molecule has 94 valence electrons. The van der Waals surface area contributed by atoms with Crippen LogP contribution in [-0.2, 0) is 4.74 Å². The molecule has 0 bridgehead atoms. The molecule has 1 heterocycles. The van der Waals surface area contributed by atoms with E-state index in [1.807, 2.05) is 11.8 Å². The van der Waals surface area contributed by atoms with Gasteiger partial charge < -0.3 is 10.1 Å². The third kappa shape index (κ3) is 5.21. The van der Waals surface area contributed by atoms with E-state index >= 15 is 0 Å². The van der Waals surface area contributed by atoms with E-state index in [0.29, 0.717) is 5.25 Å². The molecule has 0 aromatic rings. The maximum Gasteiger partial charge on any atom is 0.156 e. The zero-order valence-electron chi connectivity index (χ0n) is 10.7. The Labute approximate surface area is 103 Å². The second-order valence-corrected chi connectivity index (χ2v) is 5.75. The van der Waals surface area contributed by atoms with Crippen molar-refractivity contribution < 1.29 is 4.74 Å². The van der Waals surface area contributed by atoms with E-state index in [4.69, 9.17) is 4.74 Å². The number of thioether (sulfide) groups is 1. The molecule has 1 N–H and O–H groups in total.